The van der Waals surface area contributed by atoms with Crippen LogP contribution in [-0.4, -0.2) is 14.9 Å². The second-order valence-corrected chi connectivity index (χ2v) is 14.1. The highest BCUT2D eigenvalue weighted by Gasteiger charge is 2.36. The lowest BCUT2D eigenvalue weighted by molar-refractivity contribution is 0.275. The zero-order valence-corrected chi connectivity index (χ0v) is 18.5. The number of rotatable bonds is 14. The van der Waals surface area contributed by atoms with Gasteiger partial charge >= 0.3 is 0 Å². The van der Waals surface area contributed by atoms with E-state index in [9.17, 15) is 0 Å². The molecular formula is C22H44OSi. The molecule has 0 saturated carbocycles. The Balaban J connectivity index is 3.71. The molecule has 0 unspecified atom stereocenters. The highest BCUT2D eigenvalue weighted by atomic mass is 28.4. The Bertz CT molecular complexity index is 341. The first-order valence-corrected chi connectivity index (χ1v) is 12.8. The van der Waals surface area contributed by atoms with Gasteiger partial charge in [-0.3, -0.25) is 0 Å². The van der Waals surface area contributed by atoms with Gasteiger partial charge in [-0.25, -0.2) is 0 Å². The molecule has 0 aliphatic heterocycles. The fourth-order valence-corrected chi connectivity index (χ4v) is 3.98. The van der Waals surface area contributed by atoms with Crippen LogP contribution in [0.5, 0.6) is 0 Å². The summed E-state index contributed by atoms with van der Waals surface area (Å²) in [4.78, 5) is 0. The Kier molecular flexibility index (Phi) is 11.1. The summed E-state index contributed by atoms with van der Waals surface area (Å²) < 4.78 is 6.24. The fraction of sp³-hybridized carbons (Fsp3) is 0.818. The standard InChI is InChI=1S/C22H44OSi/c1-9-17-22(6,18-10-2)19-15-13-11-12-14-16-20-23-24(7,8)21(3,4)5/h9-10H,1-2,11-20H2,3-8H3. The minimum atomic E-state index is -1.54. The van der Waals surface area contributed by atoms with Crippen LogP contribution in [0.25, 0.3) is 0 Å². The minimum absolute atomic E-state index is 0.330. The fourth-order valence-electron chi connectivity index (χ4n) is 2.89. The summed E-state index contributed by atoms with van der Waals surface area (Å²) in [5, 5.41) is 0.330. The van der Waals surface area contributed by atoms with Gasteiger partial charge in [-0.05, 0) is 49.2 Å². The average Bonchev–Trinajstić information content (AvgIpc) is 2.44. The van der Waals surface area contributed by atoms with Crippen molar-refractivity contribution in [3.8, 4) is 0 Å². The molecule has 0 aliphatic carbocycles. The van der Waals surface area contributed by atoms with Crippen LogP contribution in [0.4, 0.5) is 0 Å². The predicted octanol–water partition coefficient (Wildman–Crippen LogP) is 7.90. The van der Waals surface area contributed by atoms with Crippen molar-refractivity contribution in [1.29, 1.82) is 0 Å². The maximum Gasteiger partial charge on any atom is 0.191 e. The summed E-state index contributed by atoms with van der Waals surface area (Å²) in [6.07, 6.45) is 15.5. The SMILES string of the molecule is C=CCC(C)(CC=C)CCCCCCCCO[Si](C)(C)C(C)(C)C. The lowest BCUT2D eigenvalue weighted by Gasteiger charge is -2.36. The third-order valence-electron chi connectivity index (χ3n) is 5.72. The predicted molar refractivity (Wildman–Crippen MR) is 113 cm³/mol. The molecule has 0 spiro atoms. The molecule has 0 N–H and O–H groups in total. The third-order valence-corrected chi connectivity index (χ3v) is 10.3. The van der Waals surface area contributed by atoms with Crippen molar-refractivity contribution >= 4 is 8.32 Å². The first-order valence-electron chi connectivity index (χ1n) is 9.94. The van der Waals surface area contributed by atoms with Crippen LogP contribution < -0.4 is 0 Å². The number of unbranched alkanes of at least 4 members (excludes halogenated alkanes) is 5. The smallest absolute Gasteiger partial charge is 0.191 e. The van der Waals surface area contributed by atoms with E-state index < -0.39 is 8.32 Å². The largest absolute Gasteiger partial charge is 0.417 e. The molecule has 2 heteroatoms. The van der Waals surface area contributed by atoms with Gasteiger partial charge in [0.2, 0.25) is 0 Å². The molecule has 142 valence electrons. The monoisotopic (exact) mass is 352 g/mol. The molecule has 0 rings (SSSR count). The second kappa shape index (κ2) is 11.3. The molecule has 0 aromatic heterocycles. The maximum atomic E-state index is 6.24. The second-order valence-electron chi connectivity index (χ2n) is 9.28. The third kappa shape index (κ3) is 9.83. The van der Waals surface area contributed by atoms with E-state index in [1.165, 1.54) is 44.9 Å². The van der Waals surface area contributed by atoms with Gasteiger partial charge in [0.05, 0.1) is 0 Å². The van der Waals surface area contributed by atoms with E-state index in [0.29, 0.717) is 10.5 Å². The van der Waals surface area contributed by atoms with Crippen LogP contribution in [0, 0.1) is 5.41 Å². The van der Waals surface area contributed by atoms with Crippen LogP contribution >= 0.6 is 0 Å². The average molecular weight is 353 g/mol. The zero-order chi connectivity index (χ0) is 18.7. The first kappa shape index (κ1) is 23.7. The van der Waals surface area contributed by atoms with Crippen LogP contribution in [0.3, 0.4) is 0 Å². The Labute approximate surface area is 154 Å². The van der Waals surface area contributed by atoms with E-state index in [1.807, 2.05) is 0 Å². The Morgan fingerprint density at radius 1 is 0.792 bits per heavy atom. The van der Waals surface area contributed by atoms with E-state index in [0.717, 1.165) is 19.4 Å². The molecule has 0 atom stereocenters. The molecule has 0 aromatic carbocycles. The molecular weight excluding hydrogens is 308 g/mol. The molecule has 0 aliphatic rings. The van der Waals surface area contributed by atoms with Gasteiger partial charge < -0.3 is 4.43 Å². The summed E-state index contributed by atoms with van der Waals surface area (Å²) in [5.74, 6) is 0. The van der Waals surface area contributed by atoms with Crippen molar-refractivity contribution in [2.45, 2.75) is 104 Å². The van der Waals surface area contributed by atoms with Crippen molar-refractivity contribution in [3.05, 3.63) is 25.3 Å². The van der Waals surface area contributed by atoms with Gasteiger partial charge in [0.1, 0.15) is 0 Å². The van der Waals surface area contributed by atoms with Crippen LogP contribution in [0.1, 0.15) is 85.5 Å². The van der Waals surface area contributed by atoms with Gasteiger partial charge in [-0.1, -0.05) is 72.0 Å². The topological polar surface area (TPSA) is 9.23 Å². The van der Waals surface area contributed by atoms with Crippen molar-refractivity contribution in [3.63, 3.8) is 0 Å². The van der Waals surface area contributed by atoms with Crippen LogP contribution in [0.2, 0.25) is 18.1 Å². The molecule has 0 aromatic rings. The molecule has 1 nitrogen and oxygen atoms in total. The minimum Gasteiger partial charge on any atom is -0.417 e. The van der Waals surface area contributed by atoms with Gasteiger partial charge in [0.15, 0.2) is 8.32 Å². The summed E-state index contributed by atoms with van der Waals surface area (Å²) in [6.45, 7) is 22.7. The lowest BCUT2D eigenvalue weighted by atomic mass is 9.78. The normalized spacial score (nSPS) is 13.1. The van der Waals surface area contributed by atoms with Gasteiger partial charge in [-0.2, -0.15) is 0 Å². The highest BCUT2D eigenvalue weighted by Crippen LogP contribution is 2.36. The van der Waals surface area contributed by atoms with Crippen molar-refractivity contribution in [1.82, 2.24) is 0 Å². The van der Waals surface area contributed by atoms with Crippen LogP contribution in [-0.2, 0) is 4.43 Å². The Morgan fingerprint density at radius 3 is 1.71 bits per heavy atom. The Morgan fingerprint density at radius 2 is 1.25 bits per heavy atom. The van der Waals surface area contributed by atoms with Gasteiger partial charge in [-0.15, -0.1) is 13.2 Å². The summed E-state index contributed by atoms with van der Waals surface area (Å²) in [6, 6.07) is 0. The Hall–Kier alpha value is -0.343. The van der Waals surface area contributed by atoms with E-state index in [1.54, 1.807) is 0 Å². The first-order chi connectivity index (χ1) is 11.1. The summed E-state index contributed by atoms with van der Waals surface area (Å²) in [5.41, 5.74) is 0.376. The number of allylic oxidation sites excluding steroid dienone is 2. The van der Waals surface area contributed by atoms with Crippen molar-refractivity contribution < 1.29 is 4.43 Å². The summed E-state index contributed by atoms with van der Waals surface area (Å²) in [7, 11) is -1.54. The maximum absolute atomic E-state index is 6.24. The van der Waals surface area contributed by atoms with Crippen molar-refractivity contribution in [2.75, 3.05) is 6.61 Å². The lowest BCUT2D eigenvalue weighted by Crippen LogP contribution is -2.40. The van der Waals surface area contributed by atoms with E-state index in [-0.39, 0.29) is 0 Å². The molecule has 0 radical (unpaired) electrons. The molecule has 0 bridgehead atoms. The van der Waals surface area contributed by atoms with Crippen LogP contribution in [0.15, 0.2) is 25.3 Å². The summed E-state index contributed by atoms with van der Waals surface area (Å²) >= 11 is 0. The molecule has 0 fully saturated rings. The van der Waals surface area contributed by atoms with Gasteiger partial charge in [0, 0.05) is 6.61 Å². The van der Waals surface area contributed by atoms with E-state index >= 15 is 0 Å². The van der Waals surface area contributed by atoms with E-state index in [2.05, 4.69) is 66.1 Å². The molecule has 0 heterocycles. The molecule has 0 amide bonds. The zero-order valence-electron chi connectivity index (χ0n) is 17.5. The van der Waals surface area contributed by atoms with E-state index in [4.69, 9.17) is 4.43 Å². The quantitative estimate of drug-likeness (QED) is 0.175. The van der Waals surface area contributed by atoms with Gasteiger partial charge in [0.25, 0.3) is 0 Å². The van der Waals surface area contributed by atoms with Crippen molar-refractivity contribution in [2.24, 2.45) is 5.41 Å². The highest BCUT2D eigenvalue weighted by molar-refractivity contribution is 6.74. The number of hydrogen-bond donors (Lipinski definition) is 0. The number of hydrogen-bond acceptors (Lipinski definition) is 1. The molecule has 24 heavy (non-hydrogen) atoms. The molecule has 0 saturated heterocycles.